The number of para-hydroxylation sites is 1. The molecule has 0 aromatic heterocycles. The normalized spacial score (nSPS) is 15.4. The van der Waals surface area contributed by atoms with Gasteiger partial charge in [-0.3, -0.25) is 0 Å². The minimum atomic E-state index is -0.755. The number of hydrogen-bond donors (Lipinski definition) is 1. The van der Waals surface area contributed by atoms with Gasteiger partial charge in [0.2, 0.25) is 0 Å². The average Bonchev–Trinajstić information content (AvgIpc) is 2.76. The molecule has 4 rings (SSSR count). The molecule has 1 N–H and O–H groups in total. The first-order chi connectivity index (χ1) is 14.2. The fourth-order valence-corrected chi connectivity index (χ4v) is 4.22. The fourth-order valence-electron chi connectivity index (χ4n) is 4.22. The van der Waals surface area contributed by atoms with E-state index in [1.54, 1.807) is 36.4 Å². The predicted molar refractivity (Wildman–Crippen MR) is 112 cm³/mol. The zero-order valence-corrected chi connectivity index (χ0v) is 16.2. The highest BCUT2D eigenvalue weighted by atomic mass is 16.7. The third kappa shape index (κ3) is 4.27. The van der Waals surface area contributed by atoms with E-state index in [4.69, 9.17) is 9.47 Å². The largest absolute Gasteiger partial charge is 0.519 e. The molecule has 4 nitrogen and oxygen atoms in total. The zero-order chi connectivity index (χ0) is 20.1. The molecule has 29 heavy (non-hydrogen) atoms. The van der Waals surface area contributed by atoms with Gasteiger partial charge in [0.15, 0.2) is 0 Å². The second-order valence-electron chi connectivity index (χ2n) is 7.48. The monoisotopic (exact) mass is 388 g/mol. The van der Waals surface area contributed by atoms with Gasteiger partial charge >= 0.3 is 6.16 Å². The molecule has 0 spiro atoms. The van der Waals surface area contributed by atoms with Gasteiger partial charge in [0.05, 0.1) is 0 Å². The molecule has 0 heterocycles. The maximum Gasteiger partial charge on any atom is 0.519 e. The molecule has 3 aromatic rings. The van der Waals surface area contributed by atoms with E-state index < -0.39 is 6.16 Å². The molecular formula is C25H24O4. The maximum absolute atomic E-state index is 12.0. The molecule has 0 radical (unpaired) electrons. The van der Waals surface area contributed by atoms with E-state index in [-0.39, 0.29) is 11.2 Å². The molecule has 0 unspecified atom stereocenters. The fraction of sp³-hybridized carbons (Fsp3) is 0.240. The number of carbonyl (C=O) groups is 1. The van der Waals surface area contributed by atoms with Crippen LogP contribution in [0.1, 0.15) is 43.2 Å². The van der Waals surface area contributed by atoms with Crippen LogP contribution in [0.25, 0.3) is 0 Å². The Hall–Kier alpha value is -3.27. The topological polar surface area (TPSA) is 55.8 Å². The molecule has 1 fully saturated rings. The van der Waals surface area contributed by atoms with E-state index >= 15 is 0 Å². The van der Waals surface area contributed by atoms with E-state index in [1.807, 2.05) is 42.5 Å². The van der Waals surface area contributed by atoms with E-state index in [0.29, 0.717) is 11.5 Å². The molecule has 0 atom stereocenters. The molecule has 1 saturated carbocycles. The summed E-state index contributed by atoms with van der Waals surface area (Å²) in [5, 5.41) is 9.68. The predicted octanol–water partition coefficient (Wildman–Crippen LogP) is 6.22. The van der Waals surface area contributed by atoms with Gasteiger partial charge in [-0.15, -0.1) is 0 Å². The standard InChI is InChI=1S/C25H24O4/c26-21-13-9-19(10-14-21)25(17-5-2-6-18-25)20-11-15-23(16-12-20)29-24(27)28-22-7-3-1-4-8-22/h1,3-4,7-16,26H,2,5-6,17-18H2. The smallest absolute Gasteiger partial charge is 0.508 e. The number of ether oxygens (including phenoxy) is 2. The van der Waals surface area contributed by atoms with Crippen LogP contribution in [0.2, 0.25) is 0 Å². The van der Waals surface area contributed by atoms with Crippen LogP contribution in [0.5, 0.6) is 17.2 Å². The lowest BCUT2D eigenvalue weighted by atomic mass is 9.65. The van der Waals surface area contributed by atoms with Crippen molar-refractivity contribution in [2.75, 3.05) is 0 Å². The first-order valence-electron chi connectivity index (χ1n) is 10.0. The van der Waals surface area contributed by atoms with Crippen molar-refractivity contribution < 1.29 is 19.4 Å². The maximum atomic E-state index is 12.0. The summed E-state index contributed by atoms with van der Waals surface area (Å²) in [5.74, 6) is 1.18. The number of phenols is 1. The first-order valence-corrected chi connectivity index (χ1v) is 10.0. The summed E-state index contributed by atoms with van der Waals surface area (Å²) in [4.78, 5) is 12.0. The summed E-state index contributed by atoms with van der Waals surface area (Å²) in [6.07, 6.45) is 4.95. The van der Waals surface area contributed by atoms with Crippen molar-refractivity contribution >= 4 is 6.16 Å². The highest BCUT2D eigenvalue weighted by molar-refractivity contribution is 5.67. The van der Waals surface area contributed by atoms with Crippen molar-refractivity contribution in [3.8, 4) is 17.2 Å². The zero-order valence-electron chi connectivity index (χ0n) is 16.2. The van der Waals surface area contributed by atoms with Crippen LogP contribution in [0.4, 0.5) is 4.79 Å². The molecule has 1 aliphatic carbocycles. The van der Waals surface area contributed by atoms with Crippen molar-refractivity contribution in [3.63, 3.8) is 0 Å². The van der Waals surface area contributed by atoms with Crippen LogP contribution >= 0.6 is 0 Å². The Labute approximate surface area is 170 Å². The minimum Gasteiger partial charge on any atom is -0.508 e. The molecule has 148 valence electrons. The number of benzene rings is 3. The molecule has 0 amide bonds. The molecule has 1 aliphatic rings. The highest BCUT2D eigenvalue weighted by Crippen LogP contribution is 2.45. The lowest BCUT2D eigenvalue weighted by Crippen LogP contribution is -2.30. The van der Waals surface area contributed by atoms with E-state index in [9.17, 15) is 9.90 Å². The van der Waals surface area contributed by atoms with Gasteiger partial charge in [0.25, 0.3) is 0 Å². The molecule has 0 bridgehead atoms. The van der Waals surface area contributed by atoms with Crippen LogP contribution in [-0.2, 0) is 5.41 Å². The van der Waals surface area contributed by atoms with Crippen LogP contribution in [0, 0.1) is 0 Å². The molecular weight excluding hydrogens is 364 g/mol. The first kappa shape index (κ1) is 19.1. The Bertz CT molecular complexity index is 940. The van der Waals surface area contributed by atoms with Gasteiger partial charge in [0, 0.05) is 5.41 Å². The molecule has 3 aromatic carbocycles. The highest BCUT2D eigenvalue weighted by Gasteiger charge is 2.35. The van der Waals surface area contributed by atoms with Crippen molar-refractivity contribution in [2.45, 2.75) is 37.5 Å². The molecule has 4 heteroatoms. The Morgan fingerprint density at radius 3 is 1.79 bits per heavy atom. The molecule has 0 saturated heterocycles. The van der Waals surface area contributed by atoms with E-state index in [2.05, 4.69) is 0 Å². The second-order valence-corrected chi connectivity index (χ2v) is 7.48. The van der Waals surface area contributed by atoms with Gasteiger partial charge in [0.1, 0.15) is 17.2 Å². The van der Waals surface area contributed by atoms with Crippen LogP contribution in [-0.4, -0.2) is 11.3 Å². The summed E-state index contributed by atoms with van der Waals surface area (Å²) in [7, 11) is 0. The van der Waals surface area contributed by atoms with Crippen molar-refractivity contribution in [2.24, 2.45) is 0 Å². The lowest BCUT2D eigenvalue weighted by molar-refractivity contribution is 0.152. The number of carbonyl (C=O) groups excluding carboxylic acids is 1. The third-order valence-electron chi connectivity index (χ3n) is 5.68. The Balaban J connectivity index is 1.53. The quantitative estimate of drug-likeness (QED) is 0.426. The van der Waals surface area contributed by atoms with Gasteiger partial charge in [-0.1, -0.05) is 61.7 Å². The number of hydrogen-bond acceptors (Lipinski definition) is 4. The van der Waals surface area contributed by atoms with Gasteiger partial charge in [-0.05, 0) is 60.4 Å². The number of aromatic hydroxyl groups is 1. The number of rotatable bonds is 4. The molecule has 0 aliphatic heterocycles. The Morgan fingerprint density at radius 1 is 0.690 bits per heavy atom. The van der Waals surface area contributed by atoms with Gasteiger partial charge < -0.3 is 14.6 Å². The summed E-state index contributed by atoms with van der Waals surface area (Å²) >= 11 is 0. The van der Waals surface area contributed by atoms with Gasteiger partial charge in [-0.25, -0.2) is 4.79 Å². The third-order valence-corrected chi connectivity index (χ3v) is 5.68. The van der Waals surface area contributed by atoms with Crippen molar-refractivity contribution in [1.29, 1.82) is 0 Å². The summed E-state index contributed by atoms with van der Waals surface area (Å²) < 4.78 is 10.5. The average molecular weight is 388 g/mol. The Kier molecular flexibility index (Phi) is 5.52. The van der Waals surface area contributed by atoms with Crippen LogP contribution < -0.4 is 9.47 Å². The van der Waals surface area contributed by atoms with Crippen LogP contribution in [0.15, 0.2) is 78.9 Å². The minimum absolute atomic E-state index is 0.0744. The summed E-state index contributed by atoms with van der Waals surface area (Å²) in [5.41, 5.74) is 2.34. The van der Waals surface area contributed by atoms with E-state index in [0.717, 1.165) is 12.8 Å². The van der Waals surface area contributed by atoms with Crippen molar-refractivity contribution in [3.05, 3.63) is 90.0 Å². The number of phenolic OH excluding ortho intramolecular Hbond substituents is 1. The van der Waals surface area contributed by atoms with Crippen LogP contribution in [0.3, 0.4) is 0 Å². The SMILES string of the molecule is O=C(Oc1ccccc1)Oc1ccc(C2(c3ccc(O)cc3)CCCCC2)cc1. The lowest BCUT2D eigenvalue weighted by Gasteiger charge is -2.38. The van der Waals surface area contributed by atoms with Gasteiger partial charge in [-0.2, -0.15) is 0 Å². The van der Waals surface area contributed by atoms with E-state index in [1.165, 1.54) is 30.4 Å². The second kappa shape index (κ2) is 8.39. The summed E-state index contributed by atoms with van der Waals surface area (Å²) in [6.45, 7) is 0. The Morgan fingerprint density at radius 2 is 1.21 bits per heavy atom. The van der Waals surface area contributed by atoms with Crippen molar-refractivity contribution in [1.82, 2.24) is 0 Å². The summed E-state index contributed by atoms with van der Waals surface area (Å²) in [6, 6.07) is 24.1.